The fraction of sp³-hybridized carbons (Fsp3) is 0.143. The summed E-state index contributed by atoms with van der Waals surface area (Å²) in [6, 6.07) is 15.9. The lowest BCUT2D eigenvalue weighted by Crippen LogP contribution is -2.08. The van der Waals surface area contributed by atoms with Gasteiger partial charge in [-0.05, 0) is 42.0 Å². The van der Waals surface area contributed by atoms with E-state index >= 15 is 0 Å². The van der Waals surface area contributed by atoms with Gasteiger partial charge in [0.25, 0.3) is 5.89 Å². The van der Waals surface area contributed by atoms with Gasteiger partial charge < -0.3 is 18.9 Å². The second-order valence-electron chi connectivity index (χ2n) is 6.45. The molecule has 9 heteroatoms. The number of hydrogen-bond donors (Lipinski definition) is 1. The van der Waals surface area contributed by atoms with Crippen LogP contribution in [0.2, 0.25) is 5.02 Å². The van der Waals surface area contributed by atoms with E-state index in [2.05, 4.69) is 15.3 Å². The van der Waals surface area contributed by atoms with Crippen LogP contribution in [0.25, 0.3) is 11.4 Å². The highest BCUT2D eigenvalue weighted by Crippen LogP contribution is 2.28. The van der Waals surface area contributed by atoms with Gasteiger partial charge in [0.1, 0.15) is 12.0 Å². The van der Waals surface area contributed by atoms with Gasteiger partial charge in [-0.2, -0.15) is 4.98 Å². The van der Waals surface area contributed by atoms with Gasteiger partial charge >= 0.3 is 5.97 Å². The van der Waals surface area contributed by atoms with Crippen LogP contribution in [-0.4, -0.2) is 26.4 Å². The maximum Gasteiger partial charge on any atom is 0.304 e. The lowest BCUT2D eigenvalue weighted by atomic mass is 9.92. The molecule has 2 aromatic carbocycles. The van der Waals surface area contributed by atoms with E-state index in [4.69, 9.17) is 25.4 Å². The molecule has 0 amide bonds. The molecule has 4 aromatic rings. The van der Waals surface area contributed by atoms with E-state index in [1.54, 1.807) is 54.6 Å². The minimum absolute atomic E-state index is 0.0950. The molecule has 2 heterocycles. The average Bonchev–Trinajstić information content (AvgIpc) is 3.44. The topological polar surface area (TPSA) is 111 Å². The Morgan fingerprint density at radius 3 is 2.50 bits per heavy atom. The summed E-state index contributed by atoms with van der Waals surface area (Å²) in [6.45, 7) is 0.0990. The van der Waals surface area contributed by atoms with Crippen molar-refractivity contribution in [3.8, 4) is 17.1 Å². The molecule has 152 valence electrons. The Balaban J connectivity index is 1.41. The van der Waals surface area contributed by atoms with Crippen molar-refractivity contribution >= 4 is 17.6 Å². The molecule has 1 N–H and O–H groups in total. The van der Waals surface area contributed by atoms with Gasteiger partial charge in [0.05, 0.1) is 12.1 Å². The second kappa shape index (κ2) is 8.79. The van der Waals surface area contributed by atoms with Crippen LogP contribution < -0.4 is 4.74 Å². The molecule has 0 unspecified atom stereocenters. The first-order valence-corrected chi connectivity index (χ1v) is 9.39. The summed E-state index contributed by atoms with van der Waals surface area (Å²) >= 11 is 5.88. The van der Waals surface area contributed by atoms with Gasteiger partial charge in [-0.15, -0.1) is 0 Å². The van der Waals surface area contributed by atoms with Gasteiger partial charge in [-0.25, -0.2) is 0 Å². The Labute approximate surface area is 176 Å². The molecular formula is C21H16ClN3O5. The standard InChI is InChI=1S/C21H16ClN3O5/c22-15-5-1-14(2-6-15)21-23-19(30-25-21)12-28-16-7-3-13(4-8-16)17(11-20(26)27)18-9-10-29-24-18/h1-10,17H,11-12H2,(H,26,27)/t17-/m0/s1. The number of ether oxygens (including phenoxy) is 1. The third-order valence-corrected chi connectivity index (χ3v) is 4.66. The zero-order valence-electron chi connectivity index (χ0n) is 15.6. The summed E-state index contributed by atoms with van der Waals surface area (Å²) < 4.78 is 15.8. The normalized spacial score (nSPS) is 11.9. The molecule has 2 aromatic heterocycles. The lowest BCUT2D eigenvalue weighted by molar-refractivity contribution is -0.137. The SMILES string of the molecule is O=C(O)C[C@@H](c1ccc(OCc2nc(-c3ccc(Cl)cc3)no2)cc1)c1ccon1. The molecule has 0 saturated carbocycles. The Morgan fingerprint density at radius 1 is 1.07 bits per heavy atom. The van der Waals surface area contributed by atoms with E-state index in [9.17, 15) is 9.90 Å². The summed E-state index contributed by atoms with van der Waals surface area (Å²) in [5.41, 5.74) is 2.14. The van der Waals surface area contributed by atoms with Gasteiger partial charge in [-0.1, -0.05) is 34.0 Å². The average molecular weight is 426 g/mol. The number of carboxylic acid groups (broad SMARTS) is 1. The maximum absolute atomic E-state index is 11.2. The van der Waals surface area contributed by atoms with Crippen LogP contribution in [0.5, 0.6) is 5.75 Å². The largest absolute Gasteiger partial charge is 0.484 e. The molecule has 0 bridgehead atoms. The molecule has 0 aliphatic rings. The Hall–Kier alpha value is -3.65. The molecule has 30 heavy (non-hydrogen) atoms. The highest BCUT2D eigenvalue weighted by molar-refractivity contribution is 6.30. The van der Waals surface area contributed by atoms with Gasteiger partial charge in [0.2, 0.25) is 5.82 Å². The van der Waals surface area contributed by atoms with E-state index in [0.29, 0.717) is 28.2 Å². The van der Waals surface area contributed by atoms with Crippen LogP contribution in [0.3, 0.4) is 0 Å². The molecule has 8 nitrogen and oxygen atoms in total. The Bertz CT molecular complexity index is 1110. The number of carbonyl (C=O) groups is 1. The molecule has 4 rings (SSSR count). The van der Waals surface area contributed by atoms with Crippen LogP contribution in [0.4, 0.5) is 0 Å². The molecule has 0 aliphatic heterocycles. The first kappa shape index (κ1) is 19.7. The summed E-state index contributed by atoms with van der Waals surface area (Å²) in [5.74, 6) is 0.0312. The predicted octanol–water partition coefficient (Wildman–Crippen LogP) is 4.56. The van der Waals surface area contributed by atoms with Crippen molar-refractivity contribution < 1.29 is 23.7 Å². The van der Waals surface area contributed by atoms with E-state index in [0.717, 1.165) is 11.1 Å². The number of rotatable bonds is 8. The number of aliphatic carboxylic acids is 1. The third kappa shape index (κ3) is 4.66. The van der Waals surface area contributed by atoms with E-state index in [-0.39, 0.29) is 13.0 Å². The van der Waals surface area contributed by atoms with Crippen molar-refractivity contribution in [2.24, 2.45) is 0 Å². The van der Waals surface area contributed by atoms with Crippen LogP contribution in [0.15, 0.2) is 69.9 Å². The van der Waals surface area contributed by atoms with Gasteiger partial charge in [0.15, 0.2) is 6.61 Å². The van der Waals surface area contributed by atoms with Crippen molar-refractivity contribution in [3.63, 3.8) is 0 Å². The molecule has 0 radical (unpaired) electrons. The molecule has 0 fully saturated rings. The van der Waals surface area contributed by atoms with Crippen molar-refractivity contribution in [2.45, 2.75) is 18.9 Å². The van der Waals surface area contributed by atoms with Crippen LogP contribution in [0, 0.1) is 0 Å². The Morgan fingerprint density at radius 2 is 1.83 bits per heavy atom. The molecular weight excluding hydrogens is 410 g/mol. The molecule has 0 saturated heterocycles. The summed E-state index contributed by atoms with van der Waals surface area (Å²) in [6.07, 6.45) is 1.33. The third-order valence-electron chi connectivity index (χ3n) is 4.41. The predicted molar refractivity (Wildman–Crippen MR) is 106 cm³/mol. The van der Waals surface area contributed by atoms with E-state index in [1.807, 2.05) is 0 Å². The number of carboxylic acids is 1. The van der Waals surface area contributed by atoms with Gasteiger partial charge in [0, 0.05) is 22.6 Å². The van der Waals surface area contributed by atoms with Gasteiger partial charge in [-0.3, -0.25) is 4.79 Å². The Kier molecular flexibility index (Phi) is 5.76. The number of nitrogens with zero attached hydrogens (tertiary/aromatic N) is 3. The molecule has 0 aliphatic carbocycles. The summed E-state index contributed by atoms with van der Waals surface area (Å²) in [5, 5.41) is 17.6. The second-order valence-corrected chi connectivity index (χ2v) is 6.89. The van der Waals surface area contributed by atoms with Crippen molar-refractivity contribution in [2.75, 3.05) is 0 Å². The first-order valence-electron chi connectivity index (χ1n) is 9.02. The van der Waals surface area contributed by atoms with Crippen LogP contribution in [0.1, 0.15) is 29.5 Å². The minimum atomic E-state index is -0.920. The van der Waals surface area contributed by atoms with Crippen molar-refractivity contribution in [1.29, 1.82) is 0 Å². The highest BCUT2D eigenvalue weighted by atomic mass is 35.5. The fourth-order valence-electron chi connectivity index (χ4n) is 2.94. The quantitative estimate of drug-likeness (QED) is 0.437. The molecule has 0 spiro atoms. The fourth-order valence-corrected chi connectivity index (χ4v) is 3.07. The van der Waals surface area contributed by atoms with Crippen LogP contribution in [-0.2, 0) is 11.4 Å². The number of halogens is 1. The van der Waals surface area contributed by atoms with E-state index < -0.39 is 11.9 Å². The number of hydrogen-bond acceptors (Lipinski definition) is 7. The summed E-state index contributed by atoms with van der Waals surface area (Å²) in [4.78, 5) is 15.5. The zero-order valence-corrected chi connectivity index (χ0v) is 16.3. The monoisotopic (exact) mass is 425 g/mol. The molecule has 1 atom stereocenters. The smallest absolute Gasteiger partial charge is 0.304 e. The van der Waals surface area contributed by atoms with Crippen LogP contribution >= 0.6 is 11.6 Å². The van der Waals surface area contributed by atoms with Crippen molar-refractivity contribution in [1.82, 2.24) is 15.3 Å². The number of aromatic nitrogens is 3. The van der Waals surface area contributed by atoms with Crippen molar-refractivity contribution in [3.05, 3.63) is 83.0 Å². The number of benzene rings is 2. The highest BCUT2D eigenvalue weighted by Gasteiger charge is 2.20. The lowest BCUT2D eigenvalue weighted by Gasteiger charge is -2.13. The minimum Gasteiger partial charge on any atom is -0.484 e. The summed E-state index contributed by atoms with van der Waals surface area (Å²) in [7, 11) is 0. The van der Waals surface area contributed by atoms with E-state index in [1.165, 1.54) is 6.26 Å². The first-order chi connectivity index (χ1) is 14.6. The zero-order chi connectivity index (χ0) is 20.9. The maximum atomic E-state index is 11.2.